The number of benzene rings is 2. The van der Waals surface area contributed by atoms with Gasteiger partial charge in [-0.25, -0.2) is 4.68 Å². The van der Waals surface area contributed by atoms with E-state index in [1.54, 1.807) is 25.1 Å². The molecule has 1 N–H and O–H groups in total. The van der Waals surface area contributed by atoms with E-state index in [-0.39, 0.29) is 11.4 Å². The molecule has 0 radical (unpaired) electrons. The van der Waals surface area contributed by atoms with Gasteiger partial charge in [-0.3, -0.25) is 25.0 Å². The Morgan fingerprint density at radius 3 is 2.41 bits per heavy atom. The van der Waals surface area contributed by atoms with Gasteiger partial charge in [0.05, 0.1) is 26.8 Å². The maximum atomic E-state index is 12.3. The molecule has 0 saturated carbocycles. The molecule has 0 bridgehead atoms. The van der Waals surface area contributed by atoms with Gasteiger partial charge in [0, 0.05) is 30.3 Å². The van der Waals surface area contributed by atoms with Crippen LogP contribution in [0.4, 0.5) is 17.2 Å². The Morgan fingerprint density at radius 2 is 1.76 bits per heavy atom. The highest BCUT2D eigenvalue weighted by Crippen LogP contribution is 2.21. The van der Waals surface area contributed by atoms with E-state index in [4.69, 9.17) is 0 Å². The number of non-ortho nitro benzene ring substituents is 1. The van der Waals surface area contributed by atoms with Gasteiger partial charge < -0.3 is 5.32 Å². The number of rotatable bonds is 6. The highest BCUT2D eigenvalue weighted by atomic mass is 16.6. The predicted molar refractivity (Wildman–Crippen MR) is 106 cm³/mol. The number of para-hydroxylation sites is 1. The molecule has 29 heavy (non-hydrogen) atoms. The van der Waals surface area contributed by atoms with Crippen LogP contribution in [0.2, 0.25) is 0 Å². The summed E-state index contributed by atoms with van der Waals surface area (Å²) < 4.78 is 1.44. The Bertz CT molecular complexity index is 1120. The molecule has 0 spiro atoms. The molecule has 0 unspecified atom stereocenters. The number of aromatic nitrogens is 2. The van der Waals surface area contributed by atoms with Crippen molar-refractivity contribution < 1.29 is 14.6 Å². The molecule has 0 aliphatic heterocycles. The number of hydrogen-bond acceptors (Lipinski definition) is 6. The Balaban J connectivity index is 1.81. The SMILES string of the molecule is Cc1cc(NC(=O)/C=C/c2ccccc2[N+](=O)[O-])n(-c2ccc([N+](=O)[O-])cc2)n1. The normalized spacial score (nSPS) is 10.8. The molecule has 10 heteroatoms. The Hall–Kier alpha value is -4.34. The second-order valence-electron chi connectivity index (χ2n) is 5.99. The van der Waals surface area contributed by atoms with Crippen LogP contribution in [0.3, 0.4) is 0 Å². The van der Waals surface area contributed by atoms with Crippen molar-refractivity contribution in [3.63, 3.8) is 0 Å². The minimum atomic E-state index is -0.523. The van der Waals surface area contributed by atoms with E-state index in [1.165, 1.54) is 53.2 Å². The Kier molecular flexibility index (Phi) is 5.44. The number of nitro benzene ring substituents is 2. The maximum Gasteiger partial charge on any atom is 0.276 e. The van der Waals surface area contributed by atoms with E-state index in [9.17, 15) is 25.0 Å². The number of hydrogen-bond donors (Lipinski definition) is 1. The molecule has 2 aromatic carbocycles. The highest BCUT2D eigenvalue weighted by Gasteiger charge is 2.13. The van der Waals surface area contributed by atoms with Crippen LogP contribution in [0, 0.1) is 27.2 Å². The summed E-state index contributed by atoms with van der Waals surface area (Å²) in [4.78, 5) is 33.1. The average Bonchev–Trinajstić information content (AvgIpc) is 3.06. The quantitative estimate of drug-likeness (QED) is 0.386. The third-order valence-electron chi connectivity index (χ3n) is 3.94. The average molecular weight is 393 g/mol. The number of carbonyl (C=O) groups is 1. The van der Waals surface area contributed by atoms with Crippen LogP contribution >= 0.6 is 0 Å². The van der Waals surface area contributed by atoms with E-state index in [0.29, 0.717) is 22.8 Å². The lowest BCUT2D eigenvalue weighted by Gasteiger charge is -2.07. The summed E-state index contributed by atoms with van der Waals surface area (Å²) >= 11 is 0. The van der Waals surface area contributed by atoms with Crippen molar-refractivity contribution in [1.29, 1.82) is 0 Å². The van der Waals surface area contributed by atoms with Crippen LogP contribution in [0.5, 0.6) is 0 Å². The molecule has 3 rings (SSSR count). The molecular weight excluding hydrogens is 378 g/mol. The standard InChI is InChI=1S/C19H15N5O5/c1-13-12-18(22(21-13)15-7-9-16(10-8-15)23(26)27)20-19(25)11-6-14-4-2-3-5-17(14)24(28)29/h2-12H,1H3,(H,20,25)/b11-6+. The molecule has 3 aromatic rings. The number of aryl methyl sites for hydroxylation is 1. The Morgan fingerprint density at radius 1 is 1.07 bits per heavy atom. The first-order chi connectivity index (χ1) is 13.8. The fourth-order valence-electron chi connectivity index (χ4n) is 2.63. The summed E-state index contributed by atoms with van der Waals surface area (Å²) in [5.74, 6) is -0.153. The number of anilines is 1. The van der Waals surface area contributed by atoms with Crippen LogP contribution in [-0.2, 0) is 4.79 Å². The van der Waals surface area contributed by atoms with Gasteiger partial charge in [-0.2, -0.15) is 5.10 Å². The number of nitrogens with zero attached hydrogens (tertiary/aromatic N) is 4. The minimum Gasteiger partial charge on any atom is -0.307 e. The molecule has 1 heterocycles. The molecule has 0 aliphatic carbocycles. The summed E-state index contributed by atoms with van der Waals surface area (Å²) in [6.07, 6.45) is 2.54. The zero-order valence-electron chi connectivity index (χ0n) is 15.2. The van der Waals surface area contributed by atoms with E-state index in [0.717, 1.165) is 0 Å². The van der Waals surface area contributed by atoms with Crippen LogP contribution in [-0.4, -0.2) is 25.5 Å². The van der Waals surface area contributed by atoms with Crippen molar-refractivity contribution in [2.24, 2.45) is 0 Å². The molecule has 146 valence electrons. The summed E-state index contributed by atoms with van der Waals surface area (Å²) in [5.41, 5.74) is 1.29. The van der Waals surface area contributed by atoms with Crippen LogP contribution in [0.15, 0.2) is 60.7 Å². The number of amides is 1. The second-order valence-corrected chi connectivity index (χ2v) is 5.99. The lowest BCUT2D eigenvalue weighted by atomic mass is 10.1. The number of nitro groups is 2. The molecule has 0 saturated heterocycles. The van der Waals surface area contributed by atoms with Gasteiger partial charge >= 0.3 is 0 Å². The van der Waals surface area contributed by atoms with Crippen molar-refractivity contribution in [2.75, 3.05) is 5.32 Å². The lowest BCUT2D eigenvalue weighted by Crippen LogP contribution is -2.12. The van der Waals surface area contributed by atoms with Gasteiger partial charge in [0.25, 0.3) is 11.4 Å². The third kappa shape index (κ3) is 4.50. The fraction of sp³-hybridized carbons (Fsp3) is 0.0526. The zero-order valence-corrected chi connectivity index (χ0v) is 15.2. The van der Waals surface area contributed by atoms with Crippen LogP contribution in [0.25, 0.3) is 11.8 Å². The third-order valence-corrected chi connectivity index (χ3v) is 3.94. The van der Waals surface area contributed by atoms with Gasteiger partial charge in [-0.15, -0.1) is 0 Å². The summed E-state index contributed by atoms with van der Waals surface area (Å²) in [6.45, 7) is 1.74. The van der Waals surface area contributed by atoms with Gasteiger partial charge in [0.2, 0.25) is 5.91 Å². The minimum absolute atomic E-state index is 0.0596. The van der Waals surface area contributed by atoms with Crippen molar-refractivity contribution >= 4 is 29.2 Å². The van der Waals surface area contributed by atoms with Crippen molar-refractivity contribution in [2.45, 2.75) is 6.92 Å². The molecule has 0 aliphatic rings. The van der Waals surface area contributed by atoms with Crippen LogP contribution < -0.4 is 5.32 Å². The maximum absolute atomic E-state index is 12.3. The van der Waals surface area contributed by atoms with Crippen molar-refractivity contribution in [3.05, 3.63) is 92.2 Å². The van der Waals surface area contributed by atoms with E-state index < -0.39 is 15.8 Å². The lowest BCUT2D eigenvalue weighted by molar-refractivity contribution is -0.385. The molecule has 1 amide bonds. The second kappa shape index (κ2) is 8.13. The first kappa shape index (κ1) is 19.4. The predicted octanol–water partition coefficient (Wildman–Crippen LogP) is 3.65. The first-order valence-electron chi connectivity index (χ1n) is 8.39. The van der Waals surface area contributed by atoms with Gasteiger partial charge in [0.1, 0.15) is 5.82 Å². The zero-order chi connectivity index (χ0) is 21.0. The summed E-state index contributed by atoms with van der Waals surface area (Å²) in [5, 5.41) is 28.8. The largest absolute Gasteiger partial charge is 0.307 e. The Labute approximate surface area is 164 Å². The monoisotopic (exact) mass is 393 g/mol. The van der Waals surface area contributed by atoms with E-state index >= 15 is 0 Å². The summed E-state index contributed by atoms with van der Waals surface area (Å²) in [7, 11) is 0. The summed E-state index contributed by atoms with van der Waals surface area (Å²) in [6, 6.07) is 13.4. The van der Waals surface area contributed by atoms with Crippen molar-refractivity contribution in [1.82, 2.24) is 9.78 Å². The van der Waals surface area contributed by atoms with E-state index in [1.807, 2.05) is 0 Å². The molecular formula is C19H15N5O5. The highest BCUT2D eigenvalue weighted by molar-refractivity contribution is 6.01. The smallest absolute Gasteiger partial charge is 0.276 e. The molecule has 0 atom stereocenters. The van der Waals surface area contributed by atoms with E-state index in [2.05, 4.69) is 10.4 Å². The molecule has 0 fully saturated rings. The van der Waals surface area contributed by atoms with Gasteiger partial charge in [-0.05, 0) is 31.2 Å². The van der Waals surface area contributed by atoms with Crippen molar-refractivity contribution in [3.8, 4) is 5.69 Å². The molecule has 10 nitrogen and oxygen atoms in total. The topological polar surface area (TPSA) is 133 Å². The number of carbonyl (C=O) groups excluding carboxylic acids is 1. The number of nitrogens with one attached hydrogen (secondary N) is 1. The molecule has 1 aromatic heterocycles. The van der Waals surface area contributed by atoms with Gasteiger partial charge in [0.15, 0.2) is 0 Å². The first-order valence-corrected chi connectivity index (χ1v) is 8.39. The van der Waals surface area contributed by atoms with Gasteiger partial charge in [-0.1, -0.05) is 12.1 Å². The fourth-order valence-corrected chi connectivity index (χ4v) is 2.63. The van der Waals surface area contributed by atoms with Crippen LogP contribution in [0.1, 0.15) is 11.3 Å².